The molecule has 1 aliphatic carbocycles. The van der Waals surface area contributed by atoms with Crippen LogP contribution in [0.5, 0.6) is 0 Å². The molecule has 2 rings (SSSR count). The summed E-state index contributed by atoms with van der Waals surface area (Å²) in [6.45, 7) is 2.06. The molecule has 18 heavy (non-hydrogen) atoms. The van der Waals surface area contributed by atoms with Gasteiger partial charge in [0, 0.05) is 6.54 Å². The summed E-state index contributed by atoms with van der Waals surface area (Å²) >= 11 is 0. The molecule has 0 radical (unpaired) electrons. The number of aliphatic imine (C=N–C) groups is 1. The molecule has 1 saturated carbocycles. The minimum Gasteiger partial charge on any atom is -0.457 e. The van der Waals surface area contributed by atoms with Crippen LogP contribution in [0.4, 0.5) is 0 Å². The molecule has 0 aromatic carbocycles. The summed E-state index contributed by atoms with van der Waals surface area (Å²) < 4.78 is 5.37. The molecule has 0 aromatic rings. The number of amidine groups is 1. The van der Waals surface area contributed by atoms with Crippen LogP contribution >= 0.6 is 0 Å². The van der Waals surface area contributed by atoms with E-state index >= 15 is 0 Å². The molecule has 0 amide bonds. The van der Waals surface area contributed by atoms with Gasteiger partial charge in [0.1, 0.15) is 23.9 Å². The van der Waals surface area contributed by atoms with Crippen LogP contribution in [0, 0.1) is 0 Å². The van der Waals surface area contributed by atoms with E-state index in [9.17, 15) is 20.4 Å². The Morgan fingerprint density at radius 3 is 2.78 bits per heavy atom. The number of unbranched alkanes of at least 4 members (excludes halogenated alkanes) is 1. The zero-order chi connectivity index (χ0) is 13.3. The number of rotatable bonds is 4. The van der Waals surface area contributed by atoms with Crippen molar-refractivity contribution in [1.29, 1.82) is 0 Å². The lowest BCUT2D eigenvalue weighted by atomic mass is 9.97. The first-order valence-electron chi connectivity index (χ1n) is 6.22. The van der Waals surface area contributed by atoms with Gasteiger partial charge in [-0.1, -0.05) is 13.3 Å². The molecule has 7 nitrogen and oxygen atoms in total. The zero-order valence-electron chi connectivity index (χ0n) is 10.3. The third kappa shape index (κ3) is 1.97. The van der Waals surface area contributed by atoms with Crippen molar-refractivity contribution in [1.82, 2.24) is 5.32 Å². The van der Waals surface area contributed by atoms with Gasteiger partial charge in [-0.25, -0.2) is 4.99 Å². The van der Waals surface area contributed by atoms with Crippen molar-refractivity contribution in [2.24, 2.45) is 4.99 Å². The van der Waals surface area contributed by atoms with Crippen LogP contribution in [-0.4, -0.2) is 69.6 Å². The highest BCUT2D eigenvalue weighted by Gasteiger charge is 2.63. The third-order valence-electron chi connectivity index (χ3n) is 3.56. The minimum atomic E-state index is -1.85. The Hall–Kier alpha value is -0.890. The fourth-order valence-corrected chi connectivity index (χ4v) is 2.37. The van der Waals surface area contributed by atoms with Crippen LogP contribution in [0.25, 0.3) is 0 Å². The van der Waals surface area contributed by atoms with E-state index in [2.05, 4.69) is 17.2 Å². The summed E-state index contributed by atoms with van der Waals surface area (Å²) in [6.07, 6.45) is -1.57. The second-order valence-electron chi connectivity index (χ2n) is 4.83. The van der Waals surface area contributed by atoms with Gasteiger partial charge in [-0.05, 0) is 6.42 Å². The maximum atomic E-state index is 10.1. The molecule has 1 aliphatic heterocycles. The molecule has 1 heterocycles. The Labute approximate surface area is 105 Å². The quantitative estimate of drug-likeness (QED) is 0.372. The number of aliphatic hydroxyl groups excluding tert-OH is 3. The van der Waals surface area contributed by atoms with Crippen molar-refractivity contribution in [2.45, 2.75) is 49.7 Å². The third-order valence-corrected chi connectivity index (χ3v) is 3.56. The molecule has 0 aromatic heterocycles. The molecule has 1 fully saturated rings. The van der Waals surface area contributed by atoms with E-state index < -0.39 is 36.6 Å². The first-order chi connectivity index (χ1) is 8.54. The Morgan fingerprint density at radius 2 is 2.17 bits per heavy atom. The van der Waals surface area contributed by atoms with E-state index in [1.807, 2.05) is 0 Å². The Bertz CT molecular complexity index is 337. The lowest BCUT2D eigenvalue weighted by Crippen LogP contribution is -2.51. The van der Waals surface area contributed by atoms with Gasteiger partial charge in [0.15, 0.2) is 6.10 Å². The maximum absolute atomic E-state index is 10.1. The fourth-order valence-electron chi connectivity index (χ4n) is 2.37. The standard InChI is InChI=1S/C11H20N2O5/c1-2-3-4-12-10-13-8-7(18-10)6(15)9(16)11(8,17)5-14/h6-9,14-17H,2-5H2,1H3,(H,12,13)/t6-,7+,8+,9-,11+/m0/s1. The molecule has 0 spiro atoms. The monoisotopic (exact) mass is 260 g/mol. The number of hydrogen-bond donors (Lipinski definition) is 5. The number of ether oxygens (including phenoxy) is 1. The number of nitrogens with one attached hydrogen (secondary N) is 1. The molecule has 104 valence electrons. The Kier molecular flexibility index (Phi) is 3.76. The second-order valence-corrected chi connectivity index (χ2v) is 4.83. The normalized spacial score (nSPS) is 42.4. The van der Waals surface area contributed by atoms with Crippen molar-refractivity contribution in [3.05, 3.63) is 0 Å². The molecule has 0 unspecified atom stereocenters. The summed E-state index contributed by atoms with van der Waals surface area (Å²) in [5.41, 5.74) is -1.85. The average molecular weight is 260 g/mol. The van der Waals surface area contributed by atoms with Crippen LogP contribution in [0.15, 0.2) is 4.99 Å². The largest absolute Gasteiger partial charge is 0.457 e. The highest BCUT2D eigenvalue weighted by molar-refractivity contribution is 5.76. The average Bonchev–Trinajstić information content (AvgIpc) is 2.86. The lowest BCUT2D eigenvalue weighted by Gasteiger charge is -2.27. The maximum Gasteiger partial charge on any atom is 0.285 e. The first kappa shape index (κ1) is 13.5. The van der Waals surface area contributed by atoms with Crippen LogP contribution in [0.1, 0.15) is 19.8 Å². The van der Waals surface area contributed by atoms with Crippen molar-refractivity contribution in [2.75, 3.05) is 13.2 Å². The number of hydrogen-bond acceptors (Lipinski definition) is 7. The molecule has 0 bridgehead atoms. The summed E-state index contributed by atoms with van der Waals surface area (Å²) in [4.78, 5) is 4.10. The summed E-state index contributed by atoms with van der Waals surface area (Å²) in [5, 5.41) is 41.7. The summed E-state index contributed by atoms with van der Waals surface area (Å²) in [7, 11) is 0. The van der Waals surface area contributed by atoms with Crippen molar-refractivity contribution < 1.29 is 25.2 Å². The molecule has 7 heteroatoms. The molecule has 0 saturated heterocycles. The summed E-state index contributed by atoms with van der Waals surface area (Å²) in [5.74, 6) is 0. The molecule has 5 N–H and O–H groups in total. The molecule has 2 aliphatic rings. The smallest absolute Gasteiger partial charge is 0.285 e. The van der Waals surface area contributed by atoms with E-state index in [1.54, 1.807) is 0 Å². The van der Waals surface area contributed by atoms with Gasteiger partial charge in [-0.15, -0.1) is 0 Å². The van der Waals surface area contributed by atoms with Crippen LogP contribution < -0.4 is 5.32 Å². The van der Waals surface area contributed by atoms with Crippen LogP contribution in [0.2, 0.25) is 0 Å². The SMILES string of the molecule is CCCCNC1=N[C@@H]2[C@H](O1)[C@H](O)[C@H](O)[C@@]2(O)CO. The van der Waals surface area contributed by atoms with E-state index in [-0.39, 0.29) is 6.02 Å². The van der Waals surface area contributed by atoms with Gasteiger partial charge in [0.2, 0.25) is 0 Å². The second kappa shape index (κ2) is 5.00. The predicted molar refractivity (Wildman–Crippen MR) is 63.1 cm³/mol. The van der Waals surface area contributed by atoms with Crippen molar-refractivity contribution in [3.63, 3.8) is 0 Å². The first-order valence-corrected chi connectivity index (χ1v) is 6.22. The molecule has 5 atom stereocenters. The van der Waals surface area contributed by atoms with Gasteiger partial charge in [-0.2, -0.15) is 0 Å². The Balaban J connectivity index is 2.07. The number of nitrogens with zero attached hydrogens (tertiary/aromatic N) is 1. The van der Waals surface area contributed by atoms with E-state index in [0.717, 1.165) is 12.8 Å². The topological polar surface area (TPSA) is 115 Å². The van der Waals surface area contributed by atoms with Crippen LogP contribution in [-0.2, 0) is 4.74 Å². The van der Waals surface area contributed by atoms with E-state index in [1.165, 1.54) is 0 Å². The predicted octanol–water partition coefficient (Wildman–Crippen LogP) is -2.04. The minimum absolute atomic E-state index is 0.247. The van der Waals surface area contributed by atoms with E-state index in [4.69, 9.17) is 4.74 Å². The van der Waals surface area contributed by atoms with E-state index in [0.29, 0.717) is 6.54 Å². The highest BCUT2D eigenvalue weighted by atomic mass is 16.5. The Morgan fingerprint density at radius 1 is 1.44 bits per heavy atom. The van der Waals surface area contributed by atoms with Gasteiger partial charge in [0.05, 0.1) is 6.61 Å². The highest BCUT2D eigenvalue weighted by Crippen LogP contribution is 2.38. The summed E-state index contributed by atoms with van der Waals surface area (Å²) in [6, 6.07) is -0.604. The van der Waals surface area contributed by atoms with Crippen molar-refractivity contribution >= 4 is 6.02 Å². The zero-order valence-corrected chi connectivity index (χ0v) is 10.3. The van der Waals surface area contributed by atoms with Gasteiger partial charge >= 0.3 is 0 Å². The van der Waals surface area contributed by atoms with Crippen LogP contribution in [0.3, 0.4) is 0 Å². The number of fused-ring (bicyclic) bond motifs is 1. The fraction of sp³-hybridized carbons (Fsp3) is 0.909. The number of aliphatic hydroxyl groups is 4. The molecular weight excluding hydrogens is 240 g/mol. The van der Waals surface area contributed by atoms with Crippen molar-refractivity contribution in [3.8, 4) is 0 Å². The van der Waals surface area contributed by atoms with Gasteiger partial charge < -0.3 is 30.5 Å². The molecular formula is C11H20N2O5. The van der Waals surface area contributed by atoms with Gasteiger partial charge in [0.25, 0.3) is 6.02 Å². The van der Waals surface area contributed by atoms with Gasteiger partial charge in [-0.3, -0.25) is 0 Å². The lowest BCUT2D eigenvalue weighted by molar-refractivity contribution is -0.117.